The van der Waals surface area contributed by atoms with Crippen LogP contribution in [0.25, 0.3) is 21.9 Å². The Morgan fingerprint density at radius 3 is 2.52 bits per heavy atom. The molecule has 2 aromatic carbocycles. The van der Waals surface area contributed by atoms with E-state index in [0.717, 1.165) is 16.6 Å². The molecule has 2 aromatic heterocycles. The van der Waals surface area contributed by atoms with Crippen LogP contribution in [0.5, 0.6) is 5.75 Å². The first kappa shape index (κ1) is 16.8. The number of furan rings is 1. The van der Waals surface area contributed by atoms with E-state index in [1.165, 1.54) is 11.1 Å². The van der Waals surface area contributed by atoms with Gasteiger partial charge >= 0.3 is 0 Å². The molecule has 0 atom stereocenters. The van der Waals surface area contributed by atoms with E-state index in [-0.39, 0.29) is 5.75 Å². The number of hydrogen-bond acceptors (Lipinski definition) is 5. The highest BCUT2D eigenvalue weighted by Crippen LogP contribution is 2.34. The van der Waals surface area contributed by atoms with Gasteiger partial charge in [-0.25, -0.2) is 9.97 Å². The Balaban J connectivity index is 0.000000880. The molecule has 2 N–H and O–H groups in total. The zero-order chi connectivity index (χ0) is 18.0. The van der Waals surface area contributed by atoms with E-state index in [4.69, 9.17) is 4.42 Å². The third-order valence-electron chi connectivity index (χ3n) is 4.10. The highest BCUT2D eigenvalue weighted by Gasteiger charge is 2.11. The summed E-state index contributed by atoms with van der Waals surface area (Å²) in [5.74, 6) is 0.903. The minimum absolute atomic E-state index is 0.193. The molecule has 0 fully saturated rings. The third kappa shape index (κ3) is 3.01. The predicted molar refractivity (Wildman–Crippen MR) is 102 cm³/mol. The van der Waals surface area contributed by atoms with Crippen molar-refractivity contribution in [2.45, 2.75) is 27.7 Å². The zero-order valence-corrected chi connectivity index (χ0v) is 14.8. The lowest BCUT2D eigenvalue weighted by molar-refractivity contribution is 0.481. The molecule has 0 aliphatic heterocycles. The Morgan fingerprint density at radius 1 is 0.960 bits per heavy atom. The Kier molecular flexibility index (Phi) is 4.57. The smallest absolute Gasteiger partial charge is 0.161 e. The van der Waals surface area contributed by atoms with Crippen LogP contribution in [0.15, 0.2) is 47.3 Å². The van der Waals surface area contributed by atoms with Crippen LogP contribution in [0.3, 0.4) is 0 Å². The van der Waals surface area contributed by atoms with Crippen LogP contribution in [-0.2, 0) is 0 Å². The standard InChI is InChI=1S/C18H15N3O2.C2H6/c1-10-7-13-15(8-11(10)2)19-9-20-18(13)21-14-3-4-16(22)12-5-6-23-17(12)14;1-2/h3-9,22H,1-2H3,(H,19,20,21);1-2H3. The minimum Gasteiger partial charge on any atom is -0.507 e. The predicted octanol–water partition coefficient (Wildman–Crippen LogP) is 5.47. The summed E-state index contributed by atoms with van der Waals surface area (Å²) < 4.78 is 5.49. The lowest BCUT2D eigenvalue weighted by atomic mass is 10.1. The number of benzene rings is 2. The van der Waals surface area contributed by atoms with Gasteiger partial charge in [-0.2, -0.15) is 0 Å². The molecule has 0 aliphatic carbocycles. The highest BCUT2D eigenvalue weighted by molar-refractivity contribution is 5.98. The fourth-order valence-electron chi connectivity index (χ4n) is 2.69. The average molecular weight is 335 g/mol. The summed E-state index contributed by atoms with van der Waals surface area (Å²) >= 11 is 0. The number of rotatable bonds is 2. The van der Waals surface area contributed by atoms with Crippen molar-refractivity contribution in [3.8, 4) is 5.75 Å². The molecule has 2 heterocycles. The molecule has 25 heavy (non-hydrogen) atoms. The number of nitrogens with zero attached hydrogens (tertiary/aromatic N) is 2. The van der Waals surface area contributed by atoms with Gasteiger partial charge in [0.1, 0.15) is 17.9 Å². The zero-order valence-electron chi connectivity index (χ0n) is 14.8. The van der Waals surface area contributed by atoms with E-state index in [2.05, 4.69) is 41.3 Å². The molecule has 0 amide bonds. The summed E-state index contributed by atoms with van der Waals surface area (Å²) in [7, 11) is 0. The van der Waals surface area contributed by atoms with Crippen LogP contribution < -0.4 is 5.32 Å². The van der Waals surface area contributed by atoms with Gasteiger partial charge in [-0.05, 0) is 55.3 Å². The van der Waals surface area contributed by atoms with E-state index >= 15 is 0 Å². The summed E-state index contributed by atoms with van der Waals surface area (Å²) in [5.41, 5.74) is 4.62. The van der Waals surface area contributed by atoms with Gasteiger partial charge in [0.2, 0.25) is 0 Å². The molecule has 0 unspecified atom stereocenters. The first-order valence-electron chi connectivity index (χ1n) is 8.31. The van der Waals surface area contributed by atoms with E-state index in [9.17, 15) is 5.11 Å². The molecule has 0 spiro atoms. The summed E-state index contributed by atoms with van der Waals surface area (Å²) in [6.07, 6.45) is 3.10. The first-order valence-corrected chi connectivity index (χ1v) is 8.31. The van der Waals surface area contributed by atoms with Gasteiger partial charge in [-0.3, -0.25) is 0 Å². The van der Waals surface area contributed by atoms with Crippen LogP contribution >= 0.6 is 0 Å². The maximum Gasteiger partial charge on any atom is 0.161 e. The fraction of sp³-hybridized carbons (Fsp3) is 0.200. The van der Waals surface area contributed by atoms with Crippen molar-refractivity contribution in [1.29, 1.82) is 0 Å². The lowest BCUT2D eigenvalue weighted by Crippen LogP contribution is -1.97. The van der Waals surface area contributed by atoms with Gasteiger partial charge in [-0.1, -0.05) is 13.8 Å². The monoisotopic (exact) mass is 335 g/mol. The Hall–Kier alpha value is -3.08. The number of phenols is 1. The van der Waals surface area contributed by atoms with Gasteiger partial charge < -0.3 is 14.8 Å². The minimum atomic E-state index is 0.193. The van der Waals surface area contributed by atoms with Crippen molar-refractivity contribution in [2.75, 3.05) is 5.32 Å². The van der Waals surface area contributed by atoms with Crippen molar-refractivity contribution < 1.29 is 9.52 Å². The third-order valence-corrected chi connectivity index (χ3v) is 4.10. The number of hydrogen-bond donors (Lipinski definition) is 2. The molecule has 0 radical (unpaired) electrons. The molecular formula is C20H21N3O2. The maximum atomic E-state index is 9.88. The molecule has 128 valence electrons. The highest BCUT2D eigenvalue weighted by atomic mass is 16.3. The van der Waals surface area contributed by atoms with Crippen molar-refractivity contribution in [3.05, 3.63) is 54.0 Å². The molecule has 0 saturated heterocycles. The number of aromatic nitrogens is 2. The van der Waals surface area contributed by atoms with Gasteiger partial charge in [0.05, 0.1) is 22.9 Å². The second-order valence-corrected chi connectivity index (χ2v) is 5.60. The number of aromatic hydroxyl groups is 1. The normalized spacial score (nSPS) is 10.6. The molecule has 0 saturated carbocycles. The molecule has 0 aliphatic rings. The Morgan fingerprint density at radius 2 is 1.72 bits per heavy atom. The SMILES string of the molecule is CC.Cc1cc2ncnc(Nc3ccc(O)c4ccoc34)c2cc1C. The maximum absolute atomic E-state index is 9.88. The average Bonchev–Trinajstić information content (AvgIpc) is 3.12. The van der Waals surface area contributed by atoms with E-state index in [1.54, 1.807) is 30.8 Å². The van der Waals surface area contributed by atoms with Gasteiger partial charge in [-0.15, -0.1) is 0 Å². The largest absolute Gasteiger partial charge is 0.507 e. The van der Waals surface area contributed by atoms with Crippen molar-refractivity contribution in [1.82, 2.24) is 9.97 Å². The number of aryl methyl sites for hydroxylation is 2. The van der Waals surface area contributed by atoms with Gasteiger partial charge in [0.25, 0.3) is 0 Å². The van der Waals surface area contributed by atoms with Crippen LogP contribution in [-0.4, -0.2) is 15.1 Å². The molecule has 0 bridgehead atoms. The van der Waals surface area contributed by atoms with Crippen LogP contribution in [0.2, 0.25) is 0 Å². The quantitative estimate of drug-likeness (QED) is 0.475. The lowest BCUT2D eigenvalue weighted by Gasteiger charge is -2.10. The summed E-state index contributed by atoms with van der Waals surface area (Å²) in [4.78, 5) is 8.70. The molecule has 4 rings (SSSR count). The van der Waals surface area contributed by atoms with Crippen LogP contribution in [0, 0.1) is 13.8 Å². The van der Waals surface area contributed by atoms with Crippen molar-refractivity contribution in [3.63, 3.8) is 0 Å². The summed E-state index contributed by atoms with van der Waals surface area (Å²) in [6, 6.07) is 9.28. The topological polar surface area (TPSA) is 71.2 Å². The Labute approximate surface area is 146 Å². The Bertz CT molecular complexity index is 1040. The van der Waals surface area contributed by atoms with Crippen LogP contribution in [0.4, 0.5) is 11.5 Å². The number of fused-ring (bicyclic) bond motifs is 2. The number of anilines is 2. The van der Waals surface area contributed by atoms with E-state index in [1.807, 2.05) is 13.8 Å². The molecular weight excluding hydrogens is 314 g/mol. The number of phenolic OH excluding ortho intramolecular Hbond substituents is 1. The van der Waals surface area contributed by atoms with Gasteiger partial charge in [0.15, 0.2) is 5.58 Å². The van der Waals surface area contributed by atoms with E-state index < -0.39 is 0 Å². The van der Waals surface area contributed by atoms with E-state index in [0.29, 0.717) is 16.8 Å². The van der Waals surface area contributed by atoms with Crippen LogP contribution in [0.1, 0.15) is 25.0 Å². The molecule has 5 heteroatoms. The second kappa shape index (κ2) is 6.81. The summed E-state index contributed by atoms with van der Waals surface area (Å²) in [5, 5.41) is 14.8. The van der Waals surface area contributed by atoms with Crippen molar-refractivity contribution in [2.24, 2.45) is 0 Å². The summed E-state index contributed by atoms with van der Waals surface area (Å²) in [6.45, 7) is 8.13. The fourth-order valence-corrected chi connectivity index (χ4v) is 2.69. The van der Waals surface area contributed by atoms with Crippen molar-refractivity contribution >= 4 is 33.4 Å². The van der Waals surface area contributed by atoms with Gasteiger partial charge in [0, 0.05) is 5.39 Å². The molecule has 4 aromatic rings. The molecule has 5 nitrogen and oxygen atoms in total. The first-order chi connectivity index (χ1) is 12.1. The number of nitrogens with one attached hydrogen (secondary N) is 1. The second-order valence-electron chi connectivity index (χ2n) is 5.60.